The first-order valence-corrected chi connectivity index (χ1v) is 10.8. The van der Waals surface area contributed by atoms with E-state index in [4.69, 9.17) is 9.73 Å². The molecule has 3 N–H and O–H groups in total. The highest BCUT2D eigenvalue weighted by Crippen LogP contribution is 2.14. The Kier molecular flexibility index (Phi) is 8.00. The SMILES string of the molecule is CCNC(=NCc1ccc(NC(=O)C(C)C)cc1)NC1CCc2nc(COC)nn2C1. The lowest BCUT2D eigenvalue weighted by atomic mass is 10.1. The van der Waals surface area contributed by atoms with Gasteiger partial charge in [-0.25, -0.2) is 14.7 Å². The van der Waals surface area contributed by atoms with Gasteiger partial charge in [-0.2, -0.15) is 5.10 Å². The number of aliphatic imine (C=N–C) groups is 1. The first-order chi connectivity index (χ1) is 15.0. The van der Waals surface area contributed by atoms with Crippen LogP contribution in [0.2, 0.25) is 0 Å². The van der Waals surface area contributed by atoms with Crippen LogP contribution in [-0.2, 0) is 35.6 Å². The predicted octanol–water partition coefficient (Wildman–Crippen LogP) is 2.09. The number of anilines is 1. The predicted molar refractivity (Wildman–Crippen MR) is 121 cm³/mol. The van der Waals surface area contributed by atoms with Gasteiger partial charge in [-0.05, 0) is 31.0 Å². The number of methoxy groups -OCH3 is 1. The molecule has 9 heteroatoms. The number of amides is 1. The lowest BCUT2D eigenvalue weighted by molar-refractivity contribution is -0.118. The third kappa shape index (κ3) is 6.52. The van der Waals surface area contributed by atoms with Crippen molar-refractivity contribution < 1.29 is 9.53 Å². The number of guanidine groups is 1. The van der Waals surface area contributed by atoms with Gasteiger partial charge in [0.05, 0.1) is 13.1 Å². The summed E-state index contributed by atoms with van der Waals surface area (Å²) in [5.74, 6) is 2.49. The van der Waals surface area contributed by atoms with Crippen LogP contribution >= 0.6 is 0 Å². The Balaban J connectivity index is 1.58. The average molecular weight is 428 g/mol. The fraction of sp³-hybridized carbons (Fsp3) is 0.545. The van der Waals surface area contributed by atoms with Gasteiger partial charge in [-0.3, -0.25) is 4.79 Å². The average Bonchev–Trinajstić information content (AvgIpc) is 3.15. The van der Waals surface area contributed by atoms with Crippen molar-refractivity contribution in [3.8, 4) is 0 Å². The number of nitrogens with zero attached hydrogens (tertiary/aromatic N) is 4. The molecule has 168 valence electrons. The van der Waals surface area contributed by atoms with Gasteiger partial charge in [-0.1, -0.05) is 26.0 Å². The molecule has 31 heavy (non-hydrogen) atoms. The van der Waals surface area contributed by atoms with Crippen molar-refractivity contribution in [2.24, 2.45) is 10.9 Å². The summed E-state index contributed by atoms with van der Waals surface area (Å²) >= 11 is 0. The lowest BCUT2D eigenvalue weighted by Crippen LogP contribution is -2.47. The van der Waals surface area contributed by atoms with Crippen molar-refractivity contribution in [1.29, 1.82) is 0 Å². The molecule has 0 radical (unpaired) electrons. The van der Waals surface area contributed by atoms with E-state index in [1.807, 2.05) is 42.8 Å². The van der Waals surface area contributed by atoms with E-state index in [1.54, 1.807) is 7.11 Å². The first-order valence-electron chi connectivity index (χ1n) is 10.8. The van der Waals surface area contributed by atoms with Gasteiger partial charge >= 0.3 is 0 Å². The van der Waals surface area contributed by atoms with Gasteiger partial charge in [0.15, 0.2) is 11.8 Å². The number of hydrogen-bond donors (Lipinski definition) is 3. The molecule has 2 heterocycles. The fourth-order valence-corrected chi connectivity index (χ4v) is 3.33. The van der Waals surface area contributed by atoms with E-state index in [0.29, 0.717) is 13.2 Å². The van der Waals surface area contributed by atoms with Gasteiger partial charge < -0.3 is 20.7 Å². The van der Waals surface area contributed by atoms with E-state index in [1.165, 1.54) is 0 Å². The van der Waals surface area contributed by atoms with Crippen LogP contribution in [-0.4, -0.2) is 46.3 Å². The summed E-state index contributed by atoms with van der Waals surface area (Å²) < 4.78 is 7.10. The second-order valence-electron chi connectivity index (χ2n) is 7.98. The van der Waals surface area contributed by atoms with E-state index in [0.717, 1.165) is 54.8 Å². The second kappa shape index (κ2) is 10.9. The van der Waals surface area contributed by atoms with Crippen molar-refractivity contribution in [2.75, 3.05) is 19.0 Å². The van der Waals surface area contributed by atoms with Gasteiger partial charge in [-0.15, -0.1) is 0 Å². The minimum absolute atomic E-state index is 0.0155. The normalized spacial score (nSPS) is 16.2. The van der Waals surface area contributed by atoms with Crippen molar-refractivity contribution >= 4 is 17.6 Å². The number of ether oxygens (including phenoxy) is 1. The Morgan fingerprint density at radius 3 is 2.77 bits per heavy atom. The van der Waals surface area contributed by atoms with E-state index < -0.39 is 0 Å². The third-order valence-electron chi connectivity index (χ3n) is 5.03. The monoisotopic (exact) mass is 427 g/mol. The van der Waals surface area contributed by atoms with Gasteiger partial charge in [0.25, 0.3) is 0 Å². The van der Waals surface area contributed by atoms with Crippen LogP contribution in [0.25, 0.3) is 0 Å². The van der Waals surface area contributed by atoms with Crippen molar-refractivity contribution in [2.45, 2.75) is 59.4 Å². The van der Waals surface area contributed by atoms with Gasteiger partial charge in [0, 0.05) is 37.7 Å². The summed E-state index contributed by atoms with van der Waals surface area (Å²) in [7, 11) is 1.65. The molecule has 0 saturated heterocycles. The zero-order chi connectivity index (χ0) is 22.2. The Hall–Kier alpha value is -2.94. The van der Waals surface area contributed by atoms with Crippen molar-refractivity contribution in [3.63, 3.8) is 0 Å². The smallest absolute Gasteiger partial charge is 0.226 e. The molecule has 3 rings (SSSR count). The van der Waals surface area contributed by atoms with Gasteiger partial charge in [0.2, 0.25) is 5.91 Å². The number of hydrogen-bond acceptors (Lipinski definition) is 5. The highest BCUT2D eigenvalue weighted by molar-refractivity contribution is 5.92. The standard InChI is InChI=1S/C22H33N7O2/c1-5-23-22(24-12-16-6-8-17(9-7-16)25-21(30)15(2)3)26-18-10-11-20-27-19(14-31-4)28-29(20)13-18/h6-9,15,18H,5,10-14H2,1-4H3,(H,25,30)(H2,23,24,26). The minimum atomic E-state index is -0.0435. The molecule has 1 aromatic heterocycles. The summed E-state index contributed by atoms with van der Waals surface area (Å²) in [5, 5.41) is 14.3. The van der Waals surface area contributed by atoms with Crippen LogP contribution in [0, 0.1) is 5.92 Å². The van der Waals surface area contributed by atoms with Crippen LogP contribution in [0.4, 0.5) is 5.69 Å². The minimum Gasteiger partial charge on any atom is -0.377 e. The summed E-state index contributed by atoms with van der Waals surface area (Å²) in [6, 6.07) is 8.04. The number of rotatable bonds is 8. The van der Waals surface area contributed by atoms with Crippen LogP contribution in [0.3, 0.4) is 0 Å². The number of aromatic nitrogens is 3. The maximum Gasteiger partial charge on any atom is 0.226 e. The number of aryl methyl sites for hydroxylation is 1. The topological polar surface area (TPSA) is 105 Å². The van der Waals surface area contributed by atoms with E-state index >= 15 is 0 Å². The van der Waals surface area contributed by atoms with E-state index in [9.17, 15) is 4.79 Å². The highest BCUT2D eigenvalue weighted by atomic mass is 16.5. The van der Waals surface area contributed by atoms with E-state index in [2.05, 4.69) is 33.0 Å². The highest BCUT2D eigenvalue weighted by Gasteiger charge is 2.22. The molecule has 2 aromatic rings. The van der Waals surface area contributed by atoms with E-state index in [-0.39, 0.29) is 17.9 Å². The van der Waals surface area contributed by atoms with Crippen molar-refractivity contribution in [1.82, 2.24) is 25.4 Å². The molecule has 1 atom stereocenters. The molecule has 0 aliphatic carbocycles. The molecule has 0 spiro atoms. The van der Waals surface area contributed by atoms with Gasteiger partial charge in [0.1, 0.15) is 12.4 Å². The van der Waals surface area contributed by atoms with Crippen LogP contribution in [0.15, 0.2) is 29.3 Å². The Labute approximate surface area is 183 Å². The van der Waals surface area contributed by atoms with Crippen molar-refractivity contribution in [3.05, 3.63) is 41.5 Å². The lowest BCUT2D eigenvalue weighted by Gasteiger charge is -2.25. The van der Waals surface area contributed by atoms with Crippen LogP contribution in [0.5, 0.6) is 0 Å². The molecular weight excluding hydrogens is 394 g/mol. The second-order valence-corrected chi connectivity index (χ2v) is 7.98. The summed E-state index contributed by atoms with van der Waals surface area (Å²) in [4.78, 5) is 21.1. The molecule has 0 saturated carbocycles. The summed E-state index contributed by atoms with van der Waals surface area (Å²) in [6.45, 7) is 8.32. The number of nitrogens with one attached hydrogen (secondary N) is 3. The quantitative estimate of drug-likeness (QED) is 0.440. The maximum atomic E-state index is 11.8. The Morgan fingerprint density at radius 2 is 2.10 bits per heavy atom. The first kappa shape index (κ1) is 22.7. The molecule has 1 aliphatic heterocycles. The zero-order valence-electron chi connectivity index (χ0n) is 18.8. The number of carbonyl (C=O) groups excluding carboxylic acids is 1. The molecule has 0 fully saturated rings. The Bertz CT molecular complexity index is 890. The third-order valence-corrected chi connectivity index (χ3v) is 5.03. The molecule has 0 bridgehead atoms. The molecule has 1 amide bonds. The van der Waals surface area contributed by atoms with Crippen LogP contribution < -0.4 is 16.0 Å². The Morgan fingerprint density at radius 1 is 1.32 bits per heavy atom. The molecule has 1 aromatic carbocycles. The number of carbonyl (C=O) groups is 1. The number of benzene rings is 1. The largest absolute Gasteiger partial charge is 0.377 e. The molecule has 1 unspecified atom stereocenters. The molecular formula is C22H33N7O2. The maximum absolute atomic E-state index is 11.8. The summed E-state index contributed by atoms with van der Waals surface area (Å²) in [5.41, 5.74) is 1.88. The molecule has 9 nitrogen and oxygen atoms in total. The zero-order valence-corrected chi connectivity index (χ0v) is 18.8. The fourth-order valence-electron chi connectivity index (χ4n) is 3.33. The summed E-state index contributed by atoms with van der Waals surface area (Å²) in [6.07, 6.45) is 1.84. The van der Waals surface area contributed by atoms with Crippen LogP contribution in [0.1, 0.15) is 44.4 Å². The molecule has 1 aliphatic rings. The number of fused-ring (bicyclic) bond motifs is 1.